The van der Waals surface area contributed by atoms with Crippen molar-refractivity contribution < 1.29 is 17.9 Å². The number of sulfonamides is 1. The fourth-order valence-electron chi connectivity index (χ4n) is 1.36. The van der Waals surface area contributed by atoms with Crippen LogP contribution in [-0.2, 0) is 19.6 Å². The van der Waals surface area contributed by atoms with Gasteiger partial charge in [-0.3, -0.25) is 0 Å². The predicted octanol–water partition coefficient (Wildman–Crippen LogP) is 2.27. The van der Waals surface area contributed by atoms with Gasteiger partial charge < -0.3 is 4.74 Å². The van der Waals surface area contributed by atoms with E-state index in [9.17, 15) is 13.2 Å². The number of methoxy groups -OCH3 is 1. The average Bonchev–Trinajstić information content (AvgIpc) is 2.35. The molecular weight excluding hydrogens is 302 g/mol. The first-order chi connectivity index (χ1) is 9.08. The highest BCUT2D eigenvalue weighted by atomic mass is 35.5. The van der Waals surface area contributed by atoms with Crippen molar-refractivity contribution in [3.63, 3.8) is 0 Å². The Labute approximate surface area is 124 Å². The molecule has 0 aliphatic carbocycles. The molecule has 0 bridgehead atoms. The van der Waals surface area contributed by atoms with E-state index in [1.54, 1.807) is 45.0 Å². The molecule has 0 heterocycles. The minimum Gasteiger partial charge on any atom is -0.468 e. The van der Waals surface area contributed by atoms with Crippen molar-refractivity contribution in [2.45, 2.75) is 31.6 Å². The van der Waals surface area contributed by atoms with Crippen LogP contribution in [-0.4, -0.2) is 26.2 Å². The Hall–Kier alpha value is -1.11. The number of rotatable bonds is 4. The molecule has 5 nitrogen and oxygen atoms in total. The molecule has 1 unspecified atom stereocenters. The minimum atomic E-state index is -3.69. The van der Waals surface area contributed by atoms with E-state index in [-0.39, 0.29) is 0 Å². The fraction of sp³-hybridized carbons (Fsp3) is 0.462. The summed E-state index contributed by atoms with van der Waals surface area (Å²) < 4.78 is 30.4. The number of ether oxygens (including phenoxy) is 1. The molecule has 0 saturated carbocycles. The van der Waals surface area contributed by atoms with Gasteiger partial charge in [-0.2, -0.15) is 4.72 Å². The van der Waals surface area contributed by atoms with Crippen LogP contribution in [0.2, 0.25) is 5.02 Å². The van der Waals surface area contributed by atoms with Gasteiger partial charge in [0.25, 0.3) is 0 Å². The van der Waals surface area contributed by atoms with Crippen molar-refractivity contribution in [3.05, 3.63) is 34.9 Å². The second-order valence-electron chi connectivity index (χ2n) is 5.24. The summed E-state index contributed by atoms with van der Waals surface area (Å²) in [6.45, 7) is 4.64. The molecule has 0 radical (unpaired) electrons. The van der Waals surface area contributed by atoms with Gasteiger partial charge in [0, 0.05) is 5.02 Å². The van der Waals surface area contributed by atoms with Crippen LogP contribution in [0.3, 0.4) is 0 Å². The maximum absolute atomic E-state index is 12.2. The number of nitrogens with one attached hydrogen (secondary N) is 1. The molecule has 1 N–H and O–H groups in total. The van der Waals surface area contributed by atoms with E-state index in [1.165, 1.54) is 7.11 Å². The van der Waals surface area contributed by atoms with Gasteiger partial charge in [0.1, 0.15) is 6.04 Å². The Kier molecular flexibility index (Phi) is 5.18. The lowest BCUT2D eigenvalue weighted by atomic mass is 10.1. The van der Waals surface area contributed by atoms with Crippen molar-refractivity contribution in [1.29, 1.82) is 0 Å². The third-order valence-corrected chi connectivity index (χ3v) is 5.13. The molecule has 0 aliphatic rings. The number of carbonyl (C=O) groups excluding carboxylic acids is 1. The van der Waals surface area contributed by atoms with Crippen LogP contribution in [0, 0.1) is 0 Å². The van der Waals surface area contributed by atoms with E-state index in [4.69, 9.17) is 11.6 Å². The van der Waals surface area contributed by atoms with E-state index in [2.05, 4.69) is 9.46 Å². The summed E-state index contributed by atoms with van der Waals surface area (Å²) in [4.78, 5) is 11.8. The van der Waals surface area contributed by atoms with Crippen LogP contribution in [0.5, 0.6) is 0 Å². The van der Waals surface area contributed by atoms with E-state index >= 15 is 0 Å². The molecule has 20 heavy (non-hydrogen) atoms. The molecule has 1 aromatic carbocycles. The minimum absolute atomic E-state index is 0.467. The topological polar surface area (TPSA) is 72.5 Å². The summed E-state index contributed by atoms with van der Waals surface area (Å²) in [6, 6.07) is 5.22. The summed E-state index contributed by atoms with van der Waals surface area (Å²) >= 11 is 5.78. The van der Waals surface area contributed by atoms with Gasteiger partial charge in [-0.15, -0.1) is 0 Å². The highest BCUT2D eigenvalue weighted by Gasteiger charge is 2.34. The third-order valence-electron chi connectivity index (χ3n) is 2.72. The molecule has 0 amide bonds. The number of hydrogen-bond donors (Lipinski definition) is 1. The SMILES string of the molecule is COC(=O)C(NS(=O)(=O)C(C)(C)C)c1ccc(Cl)cc1. The van der Waals surface area contributed by atoms with Gasteiger partial charge in [-0.25, -0.2) is 13.2 Å². The van der Waals surface area contributed by atoms with Gasteiger partial charge in [0.2, 0.25) is 10.0 Å². The molecule has 1 atom stereocenters. The second kappa shape index (κ2) is 6.11. The zero-order valence-electron chi connectivity index (χ0n) is 11.8. The van der Waals surface area contributed by atoms with Crippen molar-refractivity contribution in [1.82, 2.24) is 4.72 Å². The number of carbonyl (C=O) groups is 1. The van der Waals surface area contributed by atoms with Crippen molar-refractivity contribution in [2.24, 2.45) is 0 Å². The quantitative estimate of drug-likeness (QED) is 0.864. The Bertz CT molecular complexity index is 575. The Morgan fingerprint density at radius 2 is 1.75 bits per heavy atom. The zero-order chi connectivity index (χ0) is 15.6. The van der Waals surface area contributed by atoms with Crippen LogP contribution >= 0.6 is 11.6 Å². The zero-order valence-corrected chi connectivity index (χ0v) is 13.4. The Morgan fingerprint density at radius 1 is 1.25 bits per heavy atom. The lowest BCUT2D eigenvalue weighted by molar-refractivity contribution is -0.142. The maximum Gasteiger partial charge on any atom is 0.328 e. The molecule has 0 aliphatic heterocycles. The molecule has 0 spiro atoms. The average molecular weight is 320 g/mol. The monoisotopic (exact) mass is 319 g/mol. The maximum atomic E-state index is 12.2. The van der Waals surface area contributed by atoms with Crippen LogP contribution < -0.4 is 4.72 Å². The summed E-state index contributed by atoms with van der Waals surface area (Å²) in [5, 5.41) is 0.496. The summed E-state index contributed by atoms with van der Waals surface area (Å²) in [6.07, 6.45) is 0. The van der Waals surface area contributed by atoms with E-state index < -0.39 is 26.8 Å². The molecular formula is C13H18ClNO4S. The summed E-state index contributed by atoms with van der Waals surface area (Å²) in [5.74, 6) is -0.680. The Balaban J connectivity index is 3.16. The third kappa shape index (κ3) is 3.94. The normalized spacial score (nSPS) is 13.8. The van der Waals surface area contributed by atoms with Gasteiger partial charge in [0.15, 0.2) is 0 Å². The number of benzene rings is 1. The molecule has 0 fully saturated rings. The summed E-state index contributed by atoms with van der Waals surface area (Å²) in [7, 11) is -2.49. The first-order valence-electron chi connectivity index (χ1n) is 5.93. The fourth-order valence-corrected chi connectivity index (χ4v) is 2.38. The number of esters is 1. The van der Waals surface area contributed by atoms with Gasteiger partial charge in [-0.05, 0) is 38.5 Å². The highest BCUT2D eigenvalue weighted by molar-refractivity contribution is 7.90. The highest BCUT2D eigenvalue weighted by Crippen LogP contribution is 2.22. The van der Waals surface area contributed by atoms with Crippen molar-refractivity contribution >= 4 is 27.6 Å². The molecule has 0 aromatic heterocycles. The van der Waals surface area contributed by atoms with Crippen LogP contribution in [0.4, 0.5) is 0 Å². The lowest BCUT2D eigenvalue weighted by Gasteiger charge is -2.24. The molecule has 1 aromatic rings. The van der Waals surface area contributed by atoms with Crippen LogP contribution in [0.1, 0.15) is 32.4 Å². The van der Waals surface area contributed by atoms with Crippen molar-refractivity contribution in [2.75, 3.05) is 7.11 Å². The largest absolute Gasteiger partial charge is 0.468 e. The van der Waals surface area contributed by atoms with Gasteiger partial charge >= 0.3 is 5.97 Å². The van der Waals surface area contributed by atoms with Crippen molar-refractivity contribution in [3.8, 4) is 0 Å². The second-order valence-corrected chi connectivity index (χ2v) is 8.15. The summed E-state index contributed by atoms with van der Waals surface area (Å²) in [5.41, 5.74) is 0.467. The number of halogens is 1. The van der Waals surface area contributed by atoms with Gasteiger partial charge in [0.05, 0.1) is 11.9 Å². The number of hydrogen-bond acceptors (Lipinski definition) is 4. The first-order valence-corrected chi connectivity index (χ1v) is 7.80. The molecule has 1 rings (SSSR count). The van der Waals surface area contributed by atoms with Crippen LogP contribution in [0.25, 0.3) is 0 Å². The van der Waals surface area contributed by atoms with E-state index in [0.717, 1.165) is 0 Å². The molecule has 0 saturated heterocycles. The van der Waals surface area contributed by atoms with E-state index in [0.29, 0.717) is 10.6 Å². The van der Waals surface area contributed by atoms with Gasteiger partial charge in [-0.1, -0.05) is 23.7 Å². The smallest absolute Gasteiger partial charge is 0.328 e. The van der Waals surface area contributed by atoms with E-state index in [1.807, 2.05) is 0 Å². The standard InChI is InChI=1S/C13H18ClNO4S/c1-13(2,3)20(17,18)15-11(12(16)19-4)9-5-7-10(14)8-6-9/h5-8,11,15H,1-4H3. The van der Waals surface area contributed by atoms with Crippen LogP contribution in [0.15, 0.2) is 24.3 Å². The molecule has 7 heteroatoms. The Morgan fingerprint density at radius 3 is 2.15 bits per heavy atom. The lowest BCUT2D eigenvalue weighted by Crippen LogP contribution is -2.43. The predicted molar refractivity (Wildman–Crippen MR) is 78.0 cm³/mol. The first kappa shape index (κ1) is 16.9. The molecule has 112 valence electrons.